The number of hydrazine groups is 1. The fourth-order valence-electron chi connectivity index (χ4n) is 2.70. The first-order chi connectivity index (χ1) is 10.1. The van der Waals surface area contributed by atoms with Gasteiger partial charge in [0.05, 0.1) is 17.7 Å². The van der Waals surface area contributed by atoms with Gasteiger partial charge in [0.15, 0.2) is 0 Å². The Morgan fingerprint density at radius 1 is 1.14 bits per heavy atom. The van der Waals surface area contributed by atoms with Crippen molar-refractivity contribution < 1.29 is 14.7 Å². The van der Waals surface area contributed by atoms with Gasteiger partial charge in [-0.25, -0.2) is 10.9 Å². The number of likely N-dealkylation sites (N-methyl/N-ethyl adjacent to an activating group) is 1. The molecule has 0 unspecified atom stereocenters. The van der Waals surface area contributed by atoms with Crippen molar-refractivity contribution in [3.8, 4) is 0 Å². The van der Waals surface area contributed by atoms with Crippen molar-refractivity contribution in [1.29, 1.82) is 0 Å². The fraction of sp³-hybridized carbons (Fsp3) is 0.200. The van der Waals surface area contributed by atoms with E-state index in [1.807, 2.05) is 18.0 Å². The van der Waals surface area contributed by atoms with Gasteiger partial charge < -0.3 is 10.0 Å². The molecular formula is C15H15N3O3. The summed E-state index contributed by atoms with van der Waals surface area (Å²) in [7, 11) is 1.85. The average Bonchev–Trinajstić information content (AvgIpc) is 2.50. The number of nitrogens with two attached hydrogens (primary N) is 1. The van der Waals surface area contributed by atoms with E-state index in [4.69, 9.17) is 10.9 Å². The lowest BCUT2D eigenvalue weighted by Crippen LogP contribution is -2.45. The van der Waals surface area contributed by atoms with Crippen molar-refractivity contribution in [2.75, 3.05) is 25.1 Å². The molecule has 2 aromatic rings. The average molecular weight is 285 g/mol. The molecule has 1 aliphatic heterocycles. The maximum absolute atomic E-state index is 12.1. The van der Waals surface area contributed by atoms with Crippen LogP contribution in [0.3, 0.4) is 0 Å². The van der Waals surface area contributed by atoms with Gasteiger partial charge in [-0.3, -0.25) is 9.59 Å². The van der Waals surface area contributed by atoms with Gasteiger partial charge >= 0.3 is 0 Å². The monoisotopic (exact) mass is 285 g/mol. The molecule has 0 atom stereocenters. The third-order valence-corrected chi connectivity index (χ3v) is 3.76. The quantitative estimate of drug-likeness (QED) is 0.493. The highest BCUT2D eigenvalue weighted by Crippen LogP contribution is 2.34. The molecule has 6 nitrogen and oxygen atoms in total. The first kappa shape index (κ1) is 13.5. The van der Waals surface area contributed by atoms with Crippen molar-refractivity contribution in [2.24, 2.45) is 5.84 Å². The zero-order chi connectivity index (χ0) is 15.1. The van der Waals surface area contributed by atoms with Gasteiger partial charge in [-0.1, -0.05) is 12.1 Å². The first-order valence-corrected chi connectivity index (χ1v) is 6.57. The topological polar surface area (TPSA) is 86.9 Å². The van der Waals surface area contributed by atoms with Crippen LogP contribution >= 0.6 is 0 Å². The molecule has 2 amide bonds. The summed E-state index contributed by atoms with van der Waals surface area (Å²) in [5.41, 5.74) is 1.70. The first-order valence-electron chi connectivity index (χ1n) is 6.57. The van der Waals surface area contributed by atoms with E-state index in [-0.39, 0.29) is 6.61 Å². The Kier molecular flexibility index (Phi) is 3.12. The standard InChI is InChI=1S/C15H15N3O3/c1-17(7-8-19)12-6-5-11-13-9(12)3-2-4-10(13)14(20)18(16)15(11)21/h2-6,19H,7-8,16H2,1H3. The van der Waals surface area contributed by atoms with E-state index in [0.717, 1.165) is 11.1 Å². The summed E-state index contributed by atoms with van der Waals surface area (Å²) in [5, 5.41) is 11.2. The number of aliphatic hydroxyl groups is 1. The second-order valence-electron chi connectivity index (χ2n) is 4.99. The zero-order valence-electron chi connectivity index (χ0n) is 11.5. The van der Waals surface area contributed by atoms with E-state index in [0.29, 0.717) is 28.1 Å². The van der Waals surface area contributed by atoms with Crippen LogP contribution in [-0.2, 0) is 0 Å². The number of aliphatic hydroxyl groups excluding tert-OH is 1. The Morgan fingerprint density at radius 3 is 2.48 bits per heavy atom. The molecular weight excluding hydrogens is 270 g/mol. The van der Waals surface area contributed by atoms with Crippen molar-refractivity contribution in [1.82, 2.24) is 5.01 Å². The van der Waals surface area contributed by atoms with Gasteiger partial charge in [-0.2, -0.15) is 0 Å². The van der Waals surface area contributed by atoms with Crippen LogP contribution in [0.2, 0.25) is 0 Å². The van der Waals surface area contributed by atoms with E-state index in [1.165, 1.54) is 0 Å². The van der Waals surface area contributed by atoms with Crippen molar-refractivity contribution in [3.63, 3.8) is 0 Å². The lowest BCUT2D eigenvalue weighted by Gasteiger charge is -2.26. The minimum atomic E-state index is -0.500. The number of anilines is 1. The zero-order valence-corrected chi connectivity index (χ0v) is 11.5. The van der Waals surface area contributed by atoms with Gasteiger partial charge in [0, 0.05) is 30.1 Å². The summed E-state index contributed by atoms with van der Waals surface area (Å²) in [6.45, 7) is 0.484. The minimum absolute atomic E-state index is 0.0217. The lowest BCUT2D eigenvalue weighted by molar-refractivity contribution is 0.0610. The maximum atomic E-state index is 12.1. The predicted octanol–water partition coefficient (Wildman–Crippen LogP) is 0.738. The maximum Gasteiger partial charge on any atom is 0.275 e. The van der Waals surface area contributed by atoms with E-state index in [9.17, 15) is 9.59 Å². The van der Waals surface area contributed by atoms with Crippen molar-refractivity contribution in [3.05, 3.63) is 41.5 Å². The van der Waals surface area contributed by atoms with Gasteiger partial charge in [0.25, 0.3) is 11.8 Å². The number of amides is 2. The summed E-state index contributed by atoms with van der Waals surface area (Å²) in [5.74, 6) is 4.55. The molecule has 0 spiro atoms. The molecule has 0 aromatic heterocycles. The number of hydrogen-bond donors (Lipinski definition) is 2. The van der Waals surface area contributed by atoms with E-state index < -0.39 is 11.8 Å². The highest BCUT2D eigenvalue weighted by atomic mass is 16.3. The number of carbonyl (C=O) groups excluding carboxylic acids is 2. The molecule has 2 aromatic carbocycles. The lowest BCUT2D eigenvalue weighted by atomic mass is 9.93. The Labute approximate surface area is 121 Å². The van der Waals surface area contributed by atoms with E-state index in [1.54, 1.807) is 24.3 Å². The molecule has 21 heavy (non-hydrogen) atoms. The number of rotatable bonds is 3. The number of imide groups is 1. The van der Waals surface area contributed by atoms with Gasteiger partial charge in [0.2, 0.25) is 0 Å². The second-order valence-corrected chi connectivity index (χ2v) is 4.99. The Balaban J connectivity index is 2.32. The third-order valence-electron chi connectivity index (χ3n) is 3.76. The van der Waals surface area contributed by atoms with Crippen LogP contribution in [0.5, 0.6) is 0 Å². The molecule has 3 rings (SSSR count). The van der Waals surface area contributed by atoms with E-state index in [2.05, 4.69) is 0 Å². The SMILES string of the molecule is CN(CCO)c1ccc2c3c(cccc13)C(=O)N(N)C2=O. The van der Waals surface area contributed by atoms with Crippen LogP contribution < -0.4 is 10.7 Å². The van der Waals surface area contributed by atoms with Crippen LogP contribution in [0, 0.1) is 0 Å². The molecule has 3 N–H and O–H groups in total. The third kappa shape index (κ3) is 1.88. The summed E-state index contributed by atoms with van der Waals surface area (Å²) in [4.78, 5) is 26.2. The molecule has 0 bridgehead atoms. The van der Waals surface area contributed by atoms with Gasteiger partial charge in [0.1, 0.15) is 0 Å². The van der Waals surface area contributed by atoms with Crippen LogP contribution in [0.1, 0.15) is 20.7 Å². The summed E-state index contributed by atoms with van der Waals surface area (Å²) in [6, 6.07) is 8.76. The normalized spacial score (nSPS) is 14.0. The molecule has 1 aliphatic rings. The fourth-order valence-corrected chi connectivity index (χ4v) is 2.70. The van der Waals surface area contributed by atoms with Crippen molar-refractivity contribution >= 4 is 28.3 Å². The molecule has 1 heterocycles. The smallest absolute Gasteiger partial charge is 0.275 e. The number of carbonyl (C=O) groups is 2. The Bertz CT molecular complexity index is 735. The van der Waals surface area contributed by atoms with Crippen LogP contribution in [0.4, 0.5) is 5.69 Å². The Hall–Kier alpha value is -2.44. The molecule has 0 saturated carbocycles. The van der Waals surface area contributed by atoms with Crippen LogP contribution in [0.15, 0.2) is 30.3 Å². The molecule has 6 heteroatoms. The number of benzene rings is 2. The Morgan fingerprint density at radius 2 is 1.81 bits per heavy atom. The molecule has 108 valence electrons. The van der Waals surface area contributed by atoms with Crippen LogP contribution in [-0.4, -0.2) is 42.1 Å². The summed E-state index contributed by atoms with van der Waals surface area (Å²) >= 11 is 0. The molecule has 0 saturated heterocycles. The summed E-state index contributed by atoms with van der Waals surface area (Å²) in [6.07, 6.45) is 0. The number of nitrogens with zero attached hydrogens (tertiary/aromatic N) is 2. The van der Waals surface area contributed by atoms with Gasteiger partial charge in [-0.15, -0.1) is 0 Å². The highest BCUT2D eigenvalue weighted by molar-refractivity contribution is 6.26. The predicted molar refractivity (Wildman–Crippen MR) is 79.0 cm³/mol. The number of hydrogen-bond acceptors (Lipinski definition) is 5. The second kappa shape index (κ2) is 4.83. The van der Waals surface area contributed by atoms with Gasteiger partial charge in [-0.05, 0) is 18.2 Å². The highest BCUT2D eigenvalue weighted by Gasteiger charge is 2.31. The molecule has 0 radical (unpaired) electrons. The van der Waals surface area contributed by atoms with Crippen LogP contribution in [0.25, 0.3) is 10.8 Å². The van der Waals surface area contributed by atoms with Crippen molar-refractivity contribution in [2.45, 2.75) is 0 Å². The largest absolute Gasteiger partial charge is 0.395 e. The minimum Gasteiger partial charge on any atom is -0.395 e. The molecule has 0 fully saturated rings. The summed E-state index contributed by atoms with van der Waals surface area (Å²) < 4.78 is 0. The van der Waals surface area contributed by atoms with E-state index >= 15 is 0 Å². The molecule has 0 aliphatic carbocycles.